The van der Waals surface area contributed by atoms with Gasteiger partial charge >= 0.3 is 6.09 Å². The Morgan fingerprint density at radius 2 is 2.00 bits per heavy atom. The first-order valence-electron chi connectivity index (χ1n) is 8.49. The predicted molar refractivity (Wildman–Crippen MR) is 93.7 cm³/mol. The molecule has 5 nitrogen and oxygen atoms in total. The second kappa shape index (κ2) is 8.11. The Labute approximate surface area is 143 Å². The van der Waals surface area contributed by atoms with Crippen LogP contribution in [0.25, 0.3) is 0 Å². The molecule has 0 bridgehead atoms. The molecular formula is C17H29N3O2S. The number of carbonyl (C=O) groups is 1. The fourth-order valence-corrected chi connectivity index (χ4v) is 3.62. The summed E-state index contributed by atoms with van der Waals surface area (Å²) in [5.41, 5.74) is 1.39. The van der Waals surface area contributed by atoms with Gasteiger partial charge in [-0.15, -0.1) is 11.3 Å². The van der Waals surface area contributed by atoms with Crippen LogP contribution in [-0.2, 0) is 4.74 Å². The molecule has 2 rings (SSSR count). The topological polar surface area (TPSA) is 63.2 Å². The smallest absolute Gasteiger partial charge is 0.407 e. The summed E-state index contributed by atoms with van der Waals surface area (Å²) in [6.45, 7) is 7.83. The summed E-state index contributed by atoms with van der Waals surface area (Å²) >= 11 is 1.66. The summed E-state index contributed by atoms with van der Waals surface area (Å²) in [5, 5.41) is 6.76. The zero-order valence-electron chi connectivity index (χ0n) is 14.6. The summed E-state index contributed by atoms with van der Waals surface area (Å²) in [6.07, 6.45) is 7.22. The van der Waals surface area contributed by atoms with Gasteiger partial charge in [-0.25, -0.2) is 4.79 Å². The Kier molecular flexibility index (Phi) is 6.41. The molecule has 0 aliphatic heterocycles. The molecule has 130 valence electrons. The van der Waals surface area contributed by atoms with Gasteiger partial charge in [-0.3, -0.25) is 4.98 Å². The van der Waals surface area contributed by atoms with Gasteiger partial charge in [0.15, 0.2) is 0 Å². The molecule has 0 spiro atoms. The highest BCUT2D eigenvalue weighted by Gasteiger charge is 2.28. The van der Waals surface area contributed by atoms with Crippen LogP contribution < -0.4 is 10.6 Å². The number of rotatable bonds is 4. The minimum absolute atomic E-state index is 0.114. The van der Waals surface area contributed by atoms with Gasteiger partial charge in [-0.2, -0.15) is 0 Å². The van der Waals surface area contributed by atoms with E-state index in [2.05, 4.69) is 22.5 Å². The highest BCUT2D eigenvalue weighted by molar-refractivity contribution is 7.09. The zero-order chi connectivity index (χ0) is 16.9. The van der Waals surface area contributed by atoms with Crippen LogP contribution in [0.3, 0.4) is 0 Å². The van der Waals surface area contributed by atoms with E-state index in [-0.39, 0.29) is 24.2 Å². The SMILES string of the molecule is CC(NC1CCCCCC1NC(=O)OC(C)(C)C)c1cncs1. The summed E-state index contributed by atoms with van der Waals surface area (Å²) in [5.74, 6) is 0. The van der Waals surface area contributed by atoms with Crippen molar-refractivity contribution in [2.45, 2.75) is 83.5 Å². The number of nitrogens with zero attached hydrogens (tertiary/aromatic N) is 1. The molecule has 0 aromatic carbocycles. The number of amides is 1. The van der Waals surface area contributed by atoms with Crippen LogP contribution >= 0.6 is 11.3 Å². The maximum absolute atomic E-state index is 12.1. The van der Waals surface area contributed by atoms with Gasteiger partial charge in [0.25, 0.3) is 0 Å². The van der Waals surface area contributed by atoms with Crippen molar-refractivity contribution in [3.05, 3.63) is 16.6 Å². The second-order valence-corrected chi connectivity index (χ2v) is 8.21. The molecule has 1 amide bonds. The molecule has 3 atom stereocenters. The number of ether oxygens (including phenoxy) is 1. The first-order valence-corrected chi connectivity index (χ1v) is 9.37. The number of carbonyl (C=O) groups excluding carboxylic acids is 1. The predicted octanol–water partition coefficient (Wildman–Crippen LogP) is 4.02. The lowest BCUT2D eigenvalue weighted by Gasteiger charge is -2.30. The van der Waals surface area contributed by atoms with Gasteiger partial charge < -0.3 is 15.4 Å². The molecule has 0 saturated heterocycles. The summed E-state index contributed by atoms with van der Waals surface area (Å²) in [6, 6.07) is 0.623. The van der Waals surface area contributed by atoms with Crippen LogP contribution in [0.4, 0.5) is 4.79 Å². The van der Waals surface area contributed by atoms with Gasteiger partial charge in [0, 0.05) is 29.2 Å². The van der Waals surface area contributed by atoms with Crippen LogP contribution in [0.5, 0.6) is 0 Å². The van der Waals surface area contributed by atoms with Gasteiger partial charge in [0.05, 0.1) is 5.51 Å². The number of nitrogens with one attached hydrogen (secondary N) is 2. The van der Waals surface area contributed by atoms with E-state index >= 15 is 0 Å². The van der Waals surface area contributed by atoms with Gasteiger partial charge in [-0.05, 0) is 40.5 Å². The molecule has 23 heavy (non-hydrogen) atoms. The van der Waals surface area contributed by atoms with Crippen LogP contribution in [0.15, 0.2) is 11.7 Å². The average molecular weight is 340 g/mol. The number of aromatic nitrogens is 1. The summed E-state index contributed by atoms with van der Waals surface area (Å²) in [7, 11) is 0. The fraction of sp³-hybridized carbons (Fsp3) is 0.765. The Morgan fingerprint density at radius 3 is 2.61 bits per heavy atom. The highest BCUT2D eigenvalue weighted by Crippen LogP contribution is 2.23. The van der Waals surface area contributed by atoms with Gasteiger partial charge in [-0.1, -0.05) is 19.3 Å². The van der Waals surface area contributed by atoms with Crippen LogP contribution in [0.2, 0.25) is 0 Å². The second-order valence-electron chi connectivity index (χ2n) is 7.29. The molecule has 1 aromatic heterocycles. The molecule has 1 aromatic rings. The quantitative estimate of drug-likeness (QED) is 0.813. The zero-order valence-corrected chi connectivity index (χ0v) is 15.4. The Balaban J connectivity index is 1.97. The molecule has 2 N–H and O–H groups in total. The summed E-state index contributed by atoms with van der Waals surface area (Å²) < 4.78 is 5.42. The molecule has 1 saturated carbocycles. The molecule has 1 heterocycles. The Hall–Kier alpha value is -1.14. The normalized spacial score (nSPS) is 23.8. The first-order chi connectivity index (χ1) is 10.8. The number of hydrogen-bond donors (Lipinski definition) is 2. The van der Waals surface area contributed by atoms with Gasteiger partial charge in [0.1, 0.15) is 5.60 Å². The monoisotopic (exact) mass is 339 g/mol. The van der Waals surface area contributed by atoms with Crippen molar-refractivity contribution in [1.29, 1.82) is 0 Å². The third kappa shape index (κ3) is 6.11. The van der Waals surface area contributed by atoms with E-state index in [0.29, 0.717) is 0 Å². The lowest BCUT2D eigenvalue weighted by Crippen LogP contribution is -2.51. The molecule has 6 heteroatoms. The van der Waals surface area contributed by atoms with E-state index in [4.69, 9.17) is 4.74 Å². The van der Waals surface area contributed by atoms with Crippen LogP contribution in [0, 0.1) is 0 Å². The first kappa shape index (κ1) is 18.2. The van der Waals surface area contributed by atoms with Crippen LogP contribution in [0.1, 0.15) is 70.7 Å². The Bertz CT molecular complexity index is 485. The highest BCUT2D eigenvalue weighted by atomic mass is 32.1. The van der Waals surface area contributed by atoms with E-state index in [1.54, 1.807) is 11.3 Å². The number of hydrogen-bond acceptors (Lipinski definition) is 5. The van der Waals surface area contributed by atoms with Crippen molar-refractivity contribution >= 4 is 17.4 Å². The molecule has 1 aliphatic rings. The van der Waals surface area contributed by atoms with Crippen molar-refractivity contribution in [3.8, 4) is 0 Å². The van der Waals surface area contributed by atoms with Crippen LogP contribution in [-0.4, -0.2) is 28.8 Å². The minimum Gasteiger partial charge on any atom is -0.444 e. The summed E-state index contributed by atoms with van der Waals surface area (Å²) in [4.78, 5) is 17.5. The number of thiazole rings is 1. The lowest BCUT2D eigenvalue weighted by molar-refractivity contribution is 0.0488. The molecule has 3 unspecified atom stereocenters. The van der Waals surface area contributed by atoms with E-state index in [1.165, 1.54) is 17.7 Å². The minimum atomic E-state index is -0.465. The molecular weight excluding hydrogens is 310 g/mol. The lowest BCUT2D eigenvalue weighted by atomic mass is 10.0. The van der Waals surface area contributed by atoms with E-state index < -0.39 is 5.60 Å². The average Bonchev–Trinajstić information content (AvgIpc) is 2.89. The molecule has 1 fully saturated rings. The van der Waals surface area contributed by atoms with Crippen molar-refractivity contribution < 1.29 is 9.53 Å². The van der Waals surface area contributed by atoms with Crippen molar-refractivity contribution in [3.63, 3.8) is 0 Å². The largest absolute Gasteiger partial charge is 0.444 e. The van der Waals surface area contributed by atoms with E-state index in [0.717, 1.165) is 19.3 Å². The van der Waals surface area contributed by atoms with E-state index in [1.807, 2.05) is 32.5 Å². The fourth-order valence-electron chi connectivity index (χ4n) is 2.98. The van der Waals surface area contributed by atoms with Gasteiger partial charge in [0.2, 0.25) is 0 Å². The third-order valence-corrected chi connectivity index (χ3v) is 5.02. The maximum atomic E-state index is 12.1. The maximum Gasteiger partial charge on any atom is 0.407 e. The molecule has 0 radical (unpaired) electrons. The molecule has 1 aliphatic carbocycles. The van der Waals surface area contributed by atoms with Crippen molar-refractivity contribution in [2.24, 2.45) is 0 Å². The Morgan fingerprint density at radius 1 is 1.30 bits per heavy atom. The standard InChI is InChI=1S/C17H29N3O2S/c1-12(15-10-18-11-23-15)19-13-8-6-5-7-9-14(13)20-16(21)22-17(2,3)4/h10-14,19H,5-9H2,1-4H3,(H,20,21). The number of alkyl carbamates (subject to hydrolysis) is 1. The van der Waals surface area contributed by atoms with Crippen molar-refractivity contribution in [2.75, 3.05) is 0 Å². The van der Waals surface area contributed by atoms with Crippen molar-refractivity contribution in [1.82, 2.24) is 15.6 Å². The van der Waals surface area contributed by atoms with E-state index in [9.17, 15) is 4.79 Å². The third-order valence-electron chi connectivity index (χ3n) is 4.06.